The molecule has 1 atom stereocenters. The number of halogens is 1. The van der Waals surface area contributed by atoms with Crippen LogP contribution in [-0.4, -0.2) is 35.1 Å². The zero-order chi connectivity index (χ0) is 22.0. The first-order valence-corrected chi connectivity index (χ1v) is 10.5. The number of aromatic nitrogens is 2. The molecule has 6 nitrogen and oxygen atoms in total. The fourth-order valence-corrected chi connectivity index (χ4v) is 5.22. The number of ether oxygens (including phenoxy) is 1. The molecule has 2 aliphatic heterocycles. The van der Waals surface area contributed by atoms with Crippen molar-refractivity contribution in [3.05, 3.63) is 71.3 Å². The van der Waals surface area contributed by atoms with Crippen molar-refractivity contribution in [3.8, 4) is 0 Å². The summed E-state index contributed by atoms with van der Waals surface area (Å²) >= 11 is 0. The van der Waals surface area contributed by atoms with Crippen LogP contribution in [-0.2, 0) is 27.3 Å². The van der Waals surface area contributed by atoms with E-state index in [4.69, 9.17) is 4.74 Å². The second kappa shape index (κ2) is 6.90. The highest BCUT2D eigenvalue weighted by Gasteiger charge is 2.36. The van der Waals surface area contributed by atoms with E-state index >= 15 is 0 Å². The Kier molecular flexibility index (Phi) is 4.10. The Balaban J connectivity index is 1.60. The second-order valence-corrected chi connectivity index (χ2v) is 8.46. The fourth-order valence-electron chi connectivity index (χ4n) is 5.22. The Morgan fingerprint density at radius 3 is 2.72 bits per heavy atom. The quantitative estimate of drug-likeness (QED) is 0.487. The summed E-state index contributed by atoms with van der Waals surface area (Å²) in [5, 5.41) is 4.10. The van der Waals surface area contributed by atoms with E-state index in [2.05, 4.69) is 20.9 Å². The van der Waals surface area contributed by atoms with Crippen LogP contribution < -0.4 is 5.32 Å². The third kappa shape index (κ3) is 2.67. The van der Waals surface area contributed by atoms with Gasteiger partial charge in [-0.3, -0.25) is 14.9 Å². The molecule has 0 spiro atoms. The Morgan fingerprint density at radius 1 is 1.09 bits per heavy atom. The van der Waals surface area contributed by atoms with E-state index in [0.29, 0.717) is 40.1 Å². The molecule has 2 aliphatic rings. The highest BCUT2D eigenvalue weighted by molar-refractivity contribution is 6.50. The lowest BCUT2D eigenvalue weighted by Gasteiger charge is -2.24. The summed E-state index contributed by atoms with van der Waals surface area (Å²) in [6.45, 7) is 1.44. The molecule has 160 valence electrons. The van der Waals surface area contributed by atoms with Crippen molar-refractivity contribution in [1.82, 2.24) is 14.9 Å². The number of hydrogen-bond acceptors (Lipinski definition) is 3. The number of hydrogen-bond donors (Lipinski definition) is 2. The van der Waals surface area contributed by atoms with E-state index in [1.54, 1.807) is 19.4 Å². The highest BCUT2D eigenvalue weighted by atomic mass is 19.1. The van der Waals surface area contributed by atoms with Gasteiger partial charge >= 0.3 is 0 Å². The third-order valence-electron chi connectivity index (χ3n) is 6.46. The molecule has 0 radical (unpaired) electrons. The van der Waals surface area contributed by atoms with Gasteiger partial charge in [-0.25, -0.2) is 4.39 Å². The van der Waals surface area contributed by atoms with Gasteiger partial charge in [-0.2, -0.15) is 0 Å². The molecule has 32 heavy (non-hydrogen) atoms. The van der Waals surface area contributed by atoms with Crippen molar-refractivity contribution >= 4 is 44.8 Å². The standard InChI is InChI=1S/C25H20FN3O3/c1-32-12-13-7-14-3-2-4-17-19(11-29(10-13)23(14)17)22-21(24(30)28-25(22)31)18-9-27-20-8-15(26)5-6-16(18)20/h2-6,8-9,11,13,27H,7,10,12H2,1H3,(H,28,30,31). The van der Waals surface area contributed by atoms with Gasteiger partial charge in [0.1, 0.15) is 5.82 Å². The summed E-state index contributed by atoms with van der Waals surface area (Å²) in [6.07, 6.45) is 4.53. The molecule has 2 N–H and O–H groups in total. The number of rotatable bonds is 4. The van der Waals surface area contributed by atoms with Crippen molar-refractivity contribution in [3.63, 3.8) is 0 Å². The van der Waals surface area contributed by atoms with Crippen LogP contribution in [0.5, 0.6) is 0 Å². The number of para-hydroxylation sites is 1. The number of benzene rings is 2. The van der Waals surface area contributed by atoms with Crippen LogP contribution in [0, 0.1) is 11.7 Å². The Labute approximate surface area is 182 Å². The zero-order valence-electron chi connectivity index (χ0n) is 17.4. The van der Waals surface area contributed by atoms with Crippen LogP contribution >= 0.6 is 0 Å². The number of aromatic amines is 1. The largest absolute Gasteiger partial charge is 0.384 e. The SMILES string of the molecule is COCC1Cc2cccc3c(C4=C(c5c[nH]c6cc(F)ccc56)C(=O)NC4=O)cn(c23)C1. The van der Waals surface area contributed by atoms with Gasteiger partial charge in [0, 0.05) is 59.4 Å². The summed E-state index contributed by atoms with van der Waals surface area (Å²) in [4.78, 5) is 28.9. The number of H-pyrrole nitrogens is 1. The zero-order valence-corrected chi connectivity index (χ0v) is 17.4. The molecule has 0 saturated carbocycles. The molecule has 2 aromatic carbocycles. The van der Waals surface area contributed by atoms with Crippen LogP contribution in [0.3, 0.4) is 0 Å². The first-order chi connectivity index (χ1) is 15.5. The lowest BCUT2D eigenvalue weighted by molar-refractivity contribution is -0.122. The molecular formula is C25H20FN3O3. The van der Waals surface area contributed by atoms with Gasteiger partial charge < -0.3 is 14.3 Å². The predicted molar refractivity (Wildman–Crippen MR) is 119 cm³/mol. The lowest BCUT2D eigenvalue weighted by Crippen LogP contribution is -2.22. The van der Waals surface area contributed by atoms with Crippen molar-refractivity contribution in [2.24, 2.45) is 5.92 Å². The number of amides is 2. The van der Waals surface area contributed by atoms with Crippen molar-refractivity contribution in [2.75, 3.05) is 13.7 Å². The van der Waals surface area contributed by atoms with Crippen molar-refractivity contribution < 1.29 is 18.7 Å². The number of carbonyl (C=O) groups excluding carboxylic acids is 2. The average Bonchev–Trinajstić information content (AvgIpc) is 3.42. The number of nitrogens with zero attached hydrogens (tertiary/aromatic N) is 1. The molecule has 0 aliphatic carbocycles. The van der Waals surface area contributed by atoms with Gasteiger partial charge in [0.2, 0.25) is 0 Å². The summed E-state index contributed by atoms with van der Waals surface area (Å²) in [5.41, 5.74) is 4.85. The number of nitrogens with one attached hydrogen (secondary N) is 2. The minimum Gasteiger partial charge on any atom is -0.384 e. The molecule has 1 unspecified atom stereocenters. The van der Waals surface area contributed by atoms with E-state index in [0.717, 1.165) is 29.4 Å². The molecule has 6 rings (SSSR count). The number of methoxy groups -OCH3 is 1. The van der Waals surface area contributed by atoms with Crippen LogP contribution in [0.25, 0.3) is 33.0 Å². The van der Waals surface area contributed by atoms with E-state index in [1.807, 2.05) is 18.3 Å². The Hall–Kier alpha value is -3.71. The molecule has 0 bridgehead atoms. The highest BCUT2D eigenvalue weighted by Crippen LogP contribution is 2.40. The van der Waals surface area contributed by atoms with Gasteiger partial charge in [0.15, 0.2) is 0 Å². The first-order valence-electron chi connectivity index (χ1n) is 10.5. The van der Waals surface area contributed by atoms with Crippen LogP contribution in [0.2, 0.25) is 0 Å². The Morgan fingerprint density at radius 2 is 1.91 bits per heavy atom. The maximum Gasteiger partial charge on any atom is 0.259 e. The van der Waals surface area contributed by atoms with Crippen LogP contribution in [0.4, 0.5) is 4.39 Å². The van der Waals surface area contributed by atoms with Gasteiger partial charge in [-0.15, -0.1) is 0 Å². The maximum absolute atomic E-state index is 13.7. The molecule has 7 heteroatoms. The third-order valence-corrected chi connectivity index (χ3v) is 6.46. The number of carbonyl (C=O) groups is 2. The van der Waals surface area contributed by atoms with Gasteiger partial charge in [0.05, 0.1) is 23.3 Å². The molecule has 2 amide bonds. The predicted octanol–water partition coefficient (Wildman–Crippen LogP) is 3.65. The van der Waals surface area contributed by atoms with Gasteiger partial charge in [-0.1, -0.05) is 18.2 Å². The van der Waals surface area contributed by atoms with Crippen LogP contribution in [0.15, 0.2) is 48.8 Å². The minimum atomic E-state index is -0.445. The summed E-state index contributed by atoms with van der Waals surface area (Å²) in [6, 6.07) is 10.4. The van der Waals surface area contributed by atoms with Gasteiger partial charge in [-0.05, 0) is 30.2 Å². The van der Waals surface area contributed by atoms with Crippen molar-refractivity contribution in [1.29, 1.82) is 0 Å². The molecule has 4 aromatic rings. The molecular weight excluding hydrogens is 409 g/mol. The molecule has 0 fully saturated rings. The fraction of sp³-hybridized carbons (Fsp3) is 0.200. The first kappa shape index (κ1) is 19.0. The normalized spacial score (nSPS) is 18.2. The van der Waals surface area contributed by atoms with Gasteiger partial charge in [0.25, 0.3) is 11.8 Å². The average molecular weight is 429 g/mol. The van der Waals surface area contributed by atoms with E-state index in [9.17, 15) is 14.0 Å². The van der Waals surface area contributed by atoms with E-state index < -0.39 is 11.8 Å². The number of imide groups is 1. The Bertz CT molecular complexity index is 1480. The topological polar surface area (TPSA) is 76.1 Å². The lowest BCUT2D eigenvalue weighted by atomic mass is 9.93. The maximum atomic E-state index is 13.7. The smallest absolute Gasteiger partial charge is 0.259 e. The minimum absolute atomic E-state index is 0.310. The number of fused-ring (bicyclic) bond motifs is 1. The second-order valence-electron chi connectivity index (χ2n) is 8.46. The monoisotopic (exact) mass is 429 g/mol. The molecule has 0 saturated heterocycles. The summed E-state index contributed by atoms with van der Waals surface area (Å²) in [7, 11) is 1.70. The summed E-state index contributed by atoms with van der Waals surface area (Å²) in [5.74, 6) is -0.890. The van der Waals surface area contributed by atoms with Crippen molar-refractivity contribution in [2.45, 2.75) is 13.0 Å². The van der Waals surface area contributed by atoms with E-state index in [-0.39, 0.29) is 5.82 Å². The summed E-state index contributed by atoms with van der Waals surface area (Å²) < 4.78 is 21.2. The molecule has 4 heterocycles. The van der Waals surface area contributed by atoms with E-state index in [1.165, 1.54) is 17.7 Å². The molecule has 2 aromatic heterocycles. The van der Waals surface area contributed by atoms with Crippen LogP contribution in [0.1, 0.15) is 16.7 Å².